The largest absolute Gasteiger partial charge is 0.394 e. The topological polar surface area (TPSA) is 244 Å². The molecule has 2 aliphatic heterocycles. The molecule has 1 amide bonds. The zero-order chi connectivity index (χ0) is 26.7. The average molecular weight is 524 g/mol. The Morgan fingerprint density at radius 2 is 1.33 bits per heavy atom. The normalized spacial score (nSPS) is 36.9. The van der Waals surface area contributed by atoms with Gasteiger partial charge in [-0.25, -0.2) is 0 Å². The summed E-state index contributed by atoms with van der Waals surface area (Å²) in [5.74, 6) is -0.479. The van der Waals surface area contributed by atoms with Gasteiger partial charge in [0.1, 0.15) is 48.8 Å². The van der Waals surface area contributed by atoms with Crippen molar-refractivity contribution >= 4 is 5.91 Å². The molecule has 15 nitrogen and oxygen atoms in total. The lowest BCUT2D eigenvalue weighted by Crippen LogP contribution is -2.64. The number of hydrogen-bond acceptors (Lipinski definition) is 12. The number of carbonyl (C=O) groups excluding carboxylic acids is 1. The van der Waals surface area contributed by atoms with Crippen LogP contribution in [0.5, 0.6) is 0 Å². The summed E-state index contributed by atoms with van der Waals surface area (Å²) in [6.45, 7) is -1.10. The van der Waals surface area contributed by atoms with Crippen molar-refractivity contribution in [3.8, 4) is 0 Å². The molecule has 2 heterocycles. The van der Waals surface area contributed by atoms with E-state index in [0.29, 0.717) is 12.8 Å². The van der Waals surface area contributed by atoms with Crippen LogP contribution in [0.25, 0.3) is 10.4 Å². The summed E-state index contributed by atoms with van der Waals surface area (Å²) in [6, 6.07) is 0. The van der Waals surface area contributed by atoms with Crippen LogP contribution in [-0.4, -0.2) is 123 Å². The Bertz CT molecular complexity index is 710. The number of nitrogens with zero attached hydrogens (tertiary/aromatic N) is 3. The Morgan fingerprint density at radius 3 is 1.94 bits per heavy atom. The molecule has 0 radical (unpaired) electrons. The minimum absolute atomic E-state index is 0.176. The van der Waals surface area contributed by atoms with Gasteiger partial charge in [0.05, 0.1) is 13.2 Å². The van der Waals surface area contributed by atoms with Crippen molar-refractivity contribution in [3.05, 3.63) is 10.4 Å². The third kappa shape index (κ3) is 8.55. The SMILES string of the molecule is [N-]=[N+]=NC(=O)CCCCCCCCOC1OC(CO)C(O)C(O)C1OC1OC(CO)C(O)C(O)C1O. The van der Waals surface area contributed by atoms with Crippen LogP contribution in [0.1, 0.15) is 44.9 Å². The molecule has 10 atom stereocenters. The highest BCUT2D eigenvalue weighted by molar-refractivity contribution is 5.76. The molecule has 10 unspecified atom stereocenters. The van der Waals surface area contributed by atoms with Crippen molar-refractivity contribution in [2.75, 3.05) is 19.8 Å². The van der Waals surface area contributed by atoms with E-state index in [9.17, 15) is 40.5 Å². The van der Waals surface area contributed by atoms with Crippen LogP contribution in [0.3, 0.4) is 0 Å². The van der Waals surface area contributed by atoms with Gasteiger partial charge in [0.15, 0.2) is 12.6 Å². The van der Waals surface area contributed by atoms with Crippen LogP contribution >= 0.6 is 0 Å². The molecule has 2 aliphatic rings. The van der Waals surface area contributed by atoms with Crippen molar-refractivity contribution in [1.29, 1.82) is 0 Å². The van der Waals surface area contributed by atoms with E-state index in [-0.39, 0.29) is 13.0 Å². The second-order valence-electron chi connectivity index (χ2n) is 8.83. The summed E-state index contributed by atoms with van der Waals surface area (Å²) in [4.78, 5) is 13.6. The van der Waals surface area contributed by atoms with E-state index in [1.54, 1.807) is 0 Å². The van der Waals surface area contributed by atoms with Crippen LogP contribution < -0.4 is 0 Å². The monoisotopic (exact) mass is 523 g/mol. The summed E-state index contributed by atoms with van der Waals surface area (Å²) in [5, 5.41) is 72.8. The van der Waals surface area contributed by atoms with Gasteiger partial charge in [-0.2, -0.15) is 0 Å². The number of rotatable bonds is 14. The predicted molar refractivity (Wildman–Crippen MR) is 119 cm³/mol. The molecular weight excluding hydrogens is 486 g/mol. The minimum Gasteiger partial charge on any atom is -0.394 e. The predicted octanol–water partition coefficient (Wildman–Crippen LogP) is -1.81. The smallest absolute Gasteiger partial charge is 0.218 e. The molecule has 7 N–H and O–H groups in total. The second-order valence-corrected chi connectivity index (χ2v) is 8.83. The highest BCUT2D eigenvalue weighted by Gasteiger charge is 2.50. The van der Waals surface area contributed by atoms with Crippen LogP contribution in [0.4, 0.5) is 0 Å². The highest BCUT2D eigenvalue weighted by atomic mass is 16.8. The van der Waals surface area contributed by atoms with Gasteiger partial charge in [-0.15, -0.1) is 0 Å². The first-order valence-electron chi connectivity index (χ1n) is 12.0. The molecule has 208 valence electrons. The molecule has 0 aromatic carbocycles. The van der Waals surface area contributed by atoms with Gasteiger partial charge in [0.2, 0.25) is 5.91 Å². The fraction of sp³-hybridized carbons (Fsp3) is 0.952. The van der Waals surface area contributed by atoms with E-state index in [0.717, 1.165) is 25.7 Å². The first-order chi connectivity index (χ1) is 17.2. The molecule has 2 saturated heterocycles. The summed E-state index contributed by atoms with van der Waals surface area (Å²) >= 11 is 0. The second kappa shape index (κ2) is 15.7. The lowest BCUT2D eigenvalue weighted by Gasteiger charge is -2.45. The van der Waals surface area contributed by atoms with E-state index in [1.165, 1.54) is 0 Å². The van der Waals surface area contributed by atoms with E-state index in [1.807, 2.05) is 0 Å². The Labute approximate surface area is 207 Å². The zero-order valence-corrected chi connectivity index (χ0v) is 19.9. The standard InChI is InChI=1S/C21H37N3O12/c22-24-23-13(27)7-5-3-1-2-4-6-8-33-21-19(17(31)15(29)12(10-26)35-21)36-20-18(32)16(30)14(28)11(9-25)34-20/h11-12,14-21,25-26,28-32H,1-10H2. The van der Waals surface area contributed by atoms with Crippen LogP contribution in [0.15, 0.2) is 5.11 Å². The fourth-order valence-electron chi connectivity index (χ4n) is 4.05. The van der Waals surface area contributed by atoms with E-state index >= 15 is 0 Å². The van der Waals surface area contributed by atoms with Crippen molar-refractivity contribution < 1.29 is 59.5 Å². The Morgan fingerprint density at radius 1 is 0.778 bits per heavy atom. The molecule has 0 aromatic rings. The van der Waals surface area contributed by atoms with E-state index in [4.69, 9.17) is 24.5 Å². The van der Waals surface area contributed by atoms with Crippen molar-refractivity contribution in [3.63, 3.8) is 0 Å². The first-order valence-corrected chi connectivity index (χ1v) is 12.0. The third-order valence-corrected chi connectivity index (χ3v) is 6.19. The first kappa shape index (κ1) is 30.8. The summed E-state index contributed by atoms with van der Waals surface area (Å²) in [6.07, 6.45) is -10.1. The molecule has 2 fully saturated rings. The van der Waals surface area contributed by atoms with Gasteiger partial charge in [-0.1, -0.05) is 25.7 Å². The maximum absolute atomic E-state index is 11.1. The van der Waals surface area contributed by atoms with Crippen molar-refractivity contribution in [2.45, 2.75) is 106 Å². The number of carbonyl (C=O) groups is 1. The van der Waals surface area contributed by atoms with Gasteiger partial charge < -0.3 is 54.7 Å². The van der Waals surface area contributed by atoms with E-state index < -0.39 is 80.5 Å². The number of aliphatic hydroxyl groups excluding tert-OH is 7. The maximum Gasteiger partial charge on any atom is 0.218 e. The molecule has 0 bridgehead atoms. The Hall–Kier alpha value is -1.46. The number of aliphatic hydroxyl groups is 7. The lowest BCUT2D eigenvalue weighted by atomic mass is 9.97. The molecule has 2 rings (SSSR count). The molecule has 0 spiro atoms. The number of ether oxygens (including phenoxy) is 4. The van der Waals surface area contributed by atoms with Gasteiger partial charge in [-0.05, 0) is 23.5 Å². The Kier molecular flexibility index (Phi) is 13.4. The lowest BCUT2D eigenvalue weighted by molar-refractivity contribution is -0.367. The van der Waals surface area contributed by atoms with Crippen molar-refractivity contribution in [1.82, 2.24) is 0 Å². The third-order valence-electron chi connectivity index (χ3n) is 6.19. The summed E-state index contributed by atoms with van der Waals surface area (Å²) < 4.78 is 22.1. The highest BCUT2D eigenvalue weighted by Crippen LogP contribution is 2.29. The molecule has 0 aliphatic carbocycles. The van der Waals surface area contributed by atoms with Crippen molar-refractivity contribution in [2.24, 2.45) is 5.11 Å². The molecule has 15 heteroatoms. The number of azide groups is 1. The van der Waals surface area contributed by atoms with Gasteiger partial charge in [-0.3, -0.25) is 4.79 Å². The molecular formula is C21H37N3O12. The summed E-state index contributed by atoms with van der Waals surface area (Å²) in [7, 11) is 0. The average Bonchev–Trinajstić information content (AvgIpc) is 2.86. The molecule has 0 aromatic heterocycles. The number of hydrogen-bond donors (Lipinski definition) is 7. The molecule has 36 heavy (non-hydrogen) atoms. The maximum atomic E-state index is 11.1. The zero-order valence-electron chi connectivity index (χ0n) is 19.9. The minimum atomic E-state index is -1.73. The fourth-order valence-corrected chi connectivity index (χ4v) is 4.05. The number of unbranched alkanes of at least 4 members (excludes halogenated alkanes) is 5. The quantitative estimate of drug-likeness (QED) is 0.0576. The Balaban J connectivity index is 1.85. The van der Waals surface area contributed by atoms with Crippen LogP contribution in [0, 0.1) is 0 Å². The summed E-state index contributed by atoms with van der Waals surface area (Å²) in [5.41, 5.74) is 8.19. The van der Waals surface area contributed by atoms with Crippen LogP contribution in [-0.2, 0) is 23.7 Å². The van der Waals surface area contributed by atoms with Gasteiger partial charge >= 0.3 is 0 Å². The molecule has 0 saturated carbocycles. The number of amides is 1. The van der Waals surface area contributed by atoms with E-state index in [2.05, 4.69) is 10.0 Å². The van der Waals surface area contributed by atoms with Gasteiger partial charge in [0.25, 0.3) is 0 Å². The van der Waals surface area contributed by atoms with Crippen LogP contribution in [0.2, 0.25) is 0 Å². The van der Waals surface area contributed by atoms with Gasteiger partial charge in [0, 0.05) is 17.9 Å².